The SMILES string of the molecule is O=C(O)c1cnc(Nc2c(F)cccc2F)cn1. The summed E-state index contributed by atoms with van der Waals surface area (Å²) in [6.45, 7) is 0. The number of aromatic carboxylic acids is 1. The van der Waals surface area contributed by atoms with Crippen molar-refractivity contribution in [3.63, 3.8) is 0 Å². The third kappa shape index (κ3) is 2.40. The molecule has 0 fully saturated rings. The molecular formula is C11H7F2N3O2. The highest BCUT2D eigenvalue weighted by Crippen LogP contribution is 2.21. The van der Waals surface area contributed by atoms with Gasteiger partial charge in [-0.3, -0.25) is 0 Å². The monoisotopic (exact) mass is 251 g/mol. The van der Waals surface area contributed by atoms with E-state index in [1.807, 2.05) is 0 Å². The van der Waals surface area contributed by atoms with Gasteiger partial charge in [0, 0.05) is 0 Å². The van der Waals surface area contributed by atoms with Crippen molar-refractivity contribution >= 4 is 17.5 Å². The van der Waals surface area contributed by atoms with Crippen LogP contribution in [0.2, 0.25) is 0 Å². The quantitative estimate of drug-likeness (QED) is 0.874. The van der Waals surface area contributed by atoms with Crippen LogP contribution in [0.5, 0.6) is 0 Å². The number of nitrogens with one attached hydrogen (secondary N) is 1. The lowest BCUT2D eigenvalue weighted by Crippen LogP contribution is -2.04. The number of benzene rings is 1. The molecule has 0 saturated heterocycles. The molecule has 0 aliphatic carbocycles. The molecule has 18 heavy (non-hydrogen) atoms. The minimum Gasteiger partial charge on any atom is -0.476 e. The van der Waals surface area contributed by atoms with Crippen molar-refractivity contribution in [2.24, 2.45) is 0 Å². The predicted molar refractivity (Wildman–Crippen MR) is 58.6 cm³/mol. The van der Waals surface area contributed by atoms with Crippen LogP contribution in [0, 0.1) is 11.6 Å². The Hall–Kier alpha value is -2.57. The number of aromatic nitrogens is 2. The molecule has 2 aromatic rings. The van der Waals surface area contributed by atoms with Crippen molar-refractivity contribution in [1.82, 2.24) is 9.97 Å². The first-order valence-corrected chi connectivity index (χ1v) is 4.84. The second-order valence-corrected chi connectivity index (χ2v) is 3.31. The molecule has 2 N–H and O–H groups in total. The van der Waals surface area contributed by atoms with E-state index >= 15 is 0 Å². The van der Waals surface area contributed by atoms with E-state index in [0.29, 0.717) is 0 Å². The maximum Gasteiger partial charge on any atom is 0.356 e. The van der Waals surface area contributed by atoms with Crippen LogP contribution in [0.25, 0.3) is 0 Å². The molecule has 1 heterocycles. The van der Waals surface area contributed by atoms with Crippen molar-refractivity contribution in [3.05, 3.63) is 47.9 Å². The largest absolute Gasteiger partial charge is 0.476 e. The molecule has 1 aromatic heterocycles. The van der Waals surface area contributed by atoms with Crippen LogP contribution in [-0.2, 0) is 0 Å². The topological polar surface area (TPSA) is 75.1 Å². The third-order valence-corrected chi connectivity index (χ3v) is 2.09. The van der Waals surface area contributed by atoms with Gasteiger partial charge in [0.15, 0.2) is 5.69 Å². The van der Waals surface area contributed by atoms with E-state index in [-0.39, 0.29) is 17.2 Å². The first kappa shape index (κ1) is 11.9. The van der Waals surface area contributed by atoms with Crippen LogP contribution < -0.4 is 5.32 Å². The van der Waals surface area contributed by atoms with Crippen LogP contribution in [-0.4, -0.2) is 21.0 Å². The van der Waals surface area contributed by atoms with Gasteiger partial charge in [-0.2, -0.15) is 0 Å². The molecule has 0 atom stereocenters. The molecule has 92 valence electrons. The number of hydrogen-bond donors (Lipinski definition) is 2. The summed E-state index contributed by atoms with van der Waals surface area (Å²) >= 11 is 0. The standard InChI is InChI=1S/C11H7F2N3O2/c12-6-2-1-3-7(13)10(6)16-9-5-14-8(4-15-9)11(17)18/h1-5H,(H,15,16)(H,17,18). The van der Waals surface area contributed by atoms with Gasteiger partial charge in [0.2, 0.25) is 0 Å². The molecule has 0 saturated carbocycles. The van der Waals surface area contributed by atoms with Gasteiger partial charge in [-0.15, -0.1) is 0 Å². The number of rotatable bonds is 3. The minimum atomic E-state index is -1.23. The van der Waals surface area contributed by atoms with Crippen LogP contribution in [0.1, 0.15) is 10.5 Å². The average Bonchev–Trinajstić information content (AvgIpc) is 2.34. The zero-order chi connectivity index (χ0) is 13.1. The first-order chi connectivity index (χ1) is 8.58. The Kier molecular flexibility index (Phi) is 3.13. The smallest absolute Gasteiger partial charge is 0.356 e. The molecule has 2 rings (SSSR count). The van der Waals surface area contributed by atoms with Crippen LogP contribution in [0.4, 0.5) is 20.3 Å². The molecule has 0 bridgehead atoms. The Balaban J connectivity index is 2.26. The number of halogens is 2. The summed E-state index contributed by atoms with van der Waals surface area (Å²) < 4.78 is 26.6. The molecule has 7 heteroatoms. The van der Waals surface area contributed by atoms with Crippen molar-refractivity contribution in [2.75, 3.05) is 5.32 Å². The van der Waals surface area contributed by atoms with Crippen LogP contribution in [0.15, 0.2) is 30.6 Å². The highest BCUT2D eigenvalue weighted by molar-refractivity contribution is 5.85. The fourth-order valence-corrected chi connectivity index (χ4v) is 1.25. The molecule has 5 nitrogen and oxygen atoms in total. The molecule has 1 aromatic carbocycles. The summed E-state index contributed by atoms with van der Waals surface area (Å²) in [5, 5.41) is 11.0. The Bertz CT molecular complexity index is 567. The summed E-state index contributed by atoms with van der Waals surface area (Å²) in [7, 11) is 0. The van der Waals surface area contributed by atoms with Gasteiger partial charge in [0.25, 0.3) is 0 Å². The Morgan fingerprint density at radius 2 is 1.83 bits per heavy atom. The lowest BCUT2D eigenvalue weighted by Gasteiger charge is -2.07. The summed E-state index contributed by atoms with van der Waals surface area (Å²) in [5.74, 6) is -2.74. The van der Waals surface area contributed by atoms with Crippen molar-refractivity contribution < 1.29 is 18.7 Å². The van der Waals surface area contributed by atoms with E-state index in [4.69, 9.17) is 5.11 Å². The van der Waals surface area contributed by atoms with E-state index < -0.39 is 17.6 Å². The fourth-order valence-electron chi connectivity index (χ4n) is 1.25. The lowest BCUT2D eigenvalue weighted by atomic mass is 10.3. The summed E-state index contributed by atoms with van der Waals surface area (Å²) in [4.78, 5) is 17.8. The van der Waals surface area contributed by atoms with Gasteiger partial charge in [-0.05, 0) is 12.1 Å². The van der Waals surface area contributed by atoms with Gasteiger partial charge in [-0.25, -0.2) is 23.5 Å². The number of anilines is 2. The number of para-hydroxylation sites is 1. The highest BCUT2D eigenvalue weighted by Gasteiger charge is 2.10. The van der Waals surface area contributed by atoms with Crippen LogP contribution in [0.3, 0.4) is 0 Å². The predicted octanol–water partition coefficient (Wildman–Crippen LogP) is 2.20. The van der Waals surface area contributed by atoms with E-state index in [1.165, 1.54) is 6.07 Å². The van der Waals surface area contributed by atoms with Gasteiger partial charge in [0.05, 0.1) is 12.4 Å². The Morgan fingerprint density at radius 1 is 1.17 bits per heavy atom. The van der Waals surface area contributed by atoms with Gasteiger partial charge >= 0.3 is 5.97 Å². The number of carboxylic acid groups (broad SMARTS) is 1. The maximum absolute atomic E-state index is 13.3. The molecule has 0 amide bonds. The highest BCUT2D eigenvalue weighted by atomic mass is 19.1. The van der Waals surface area contributed by atoms with E-state index in [0.717, 1.165) is 24.5 Å². The van der Waals surface area contributed by atoms with Gasteiger partial charge in [-0.1, -0.05) is 6.07 Å². The molecule has 0 unspecified atom stereocenters. The number of hydrogen-bond acceptors (Lipinski definition) is 4. The number of nitrogens with zero attached hydrogens (tertiary/aromatic N) is 2. The molecule has 0 aliphatic heterocycles. The van der Waals surface area contributed by atoms with Crippen molar-refractivity contribution in [1.29, 1.82) is 0 Å². The number of carbonyl (C=O) groups is 1. The lowest BCUT2D eigenvalue weighted by molar-refractivity contribution is 0.0690. The maximum atomic E-state index is 13.3. The summed E-state index contributed by atoms with van der Waals surface area (Å²) in [6, 6.07) is 3.41. The van der Waals surface area contributed by atoms with Gasteiger partial charge in [0.1, 0.15) is 23.1 Å². The second kappa shape index (κ2) is 4.74. The average molecular weight is 251 g/mol. The second-order valence-electron chi connectivity index (χ2n) is 3.31. The van der Waals surface area contributed by atoms with Gasteiger partial charge < -0.3 is 10.4 Å². The summed E-state index contributed by atoms with van der Waals surface area (Å²) in [6.07, 6.45) is 2.07. The number of carboxylic acids is 1. The molecule has 0 radical (unpaired) electrons. The van der Waals surface area contributed by atoms with Crippen molar-refractivity contribution in [3.8, 4) is 0 Å². The summed E-state index contributed by atoms with van der Waals surface area (Å²) in [5.41, 5.74) is -0.621. The van der Waals surface area contributed by atoms with E-state index in [2.05, 4.69) is 15.3 Å². The molecule has 0 spiro atoms. The zero-order valence-electron chi connectivity index (χ0n) is 8.89. The molecular weight excluding hydrogens is 244 g/mol. The Labute approximate surface area is 100 Å². The first-order valence-electron chi connectivity index (χ1n) is 4.84. The third-order valence-electron chi connectivity index (χ3n) is 2.09. The minimum absolute atomic E-state index is 0.0454. The van der Waals surface area contributed by atoms with Crippen molar-refractivity contribution in [2.45, 2.75) is 0 Å². The normalized spacial score (nSPS) is 10.1. The van der Waals surface area contributed by atoms with E-state index in [9.17, 15) is 13.6 Å². The van der Waals surface area contributed by atoms with Crippen LogP contribution >= 0.6 is 0 Å². The molecule has 0 aliphatic rings. The fraction of sp³-hybridized carbons (Fsp3) is 0. The Morgan fingerprint density at radius 3 is 2.33 bits per heavy atom. The zero-order valence-corrected chi connectivity index (χ0v) is 8.89. The van der Waals surface area contributed by atoms with E-state index in [1.54, 1.807) is 0 Å².